The summed E-state index contributed by atoms with van der Waals surface area (Å²) in [6, 6.07) is 7.85. The van der Waals surface area contributed by atoms with Crippen LogP contribution in [0.2, 0.25) is 0 Å². The molecule has 2 heterocycles. The van der Waals surface area contributed by atoms with Gasteiger partial charge in [-0.3, -0.25) is 0 Å². The maximum absolute atomic E-state index is 11.9. The van der Waals surface area contributed by atoms with Gasteiger partial charge in [0, 0.05) is 11.6 Å². The van der Waals surface area contributed by atoms with Crippen LogP contribution < -0.4 is 5.32 Å². The second-order valence-corrected chi connectivity index (χ2v) is 6.74. The minimum Gasteiger partial charge on any atom is -0.444 e. The number of hydrogen-bond donors (Lipinski definition) is 1. The molecule has 1 amide bonds. The normalized spacial score (nSPS) is 17.2. The Morgan fingerprint density at radius 3 is 2.92 bits per heavy atom. The van der Waals surface area contributed by atoms with Crippen molar-refractivity contribution in [3.05, 3.63) is 41.6 Å². The number of rotatable bonds is 3. The lowest BCUT2D eigenvalue weighted by atomic mass is 9.92. The Kier molecular flexibility index (Phi) is 4.57. The van der Waals surface area contributed by atoms with Crippen LogP contribution in [-0.4, -0.2) is 30.0 Å². The standard InChI is InChI=1S/C18H22N2O4/c1-18(2,3)23-17(21)19-11-16-14-6-4-5-13(12(14)8-10-22-16)15-7-9-20-24-15/h4-7,9,16H,8,10-11H2,1-3H3,(H,19,21). The van der Waals surface area contributed by atoms with E-state index in [0.29, 0.717) is 13.2 Å². The molecule has 6 nitrogen and oxygen atoms in total. The molecule has 1 aliphatic heterocycles. The van der Waals surface area contributed by atoms with Gasteiger partial charge in [0.05, 0.1) is 19.3 Å². The molecule has 0 radical (unpaired) electrons. The molecule has 6 heteroatoms. The van der Waals surface area contributed by atoms with Crippen LogP contribution in [0.5, 0.6) is 0 Å². The summed E-state index contributed by atoms with van der Waals surface area (Å²) in [5.41, 5.74) is 2.74. The van der Waals surface area contributed by atoms with E-state index in [-0.39, 0.29) is 6.10 Å². The highest BCUT2D eigenvalue weighted by Crippen LogP contribution is 2.34. The number of nitrogens with zero attached hydrogens (tertiary/aromatic N) is 1. The molecule has 0 bridgehead atoms. The van der Waals surface area contributed by atoms with Crippen molar-refractivity contribution in [2.45, 2.75) is 38.9 Å². The Balaban J connectivity index is 1.75. The van der Waals surface area contributed by atoms with Crippen LogP contribution in [-0.2, 0) is 15.9 Å². The number of carbonyl (C=O) groups excluding carboxylic acids is 1. The number of nitrogens with one attached hydrogen (secondary N) is 1. The van der Waals surface area contributed by atoms with Crippen LogP contribution in [0.25, 0.3) is 11.3 Å². The highest BCUT2D eigenvalue weighted by atomic mass is 16.6. The lowest BCUT2D eigenvalue weighted by Gasteiger charge is -2.28. The quantitative estimate of drug-likeness (QED) is 0.932. The number of hydrogen-bond acceptors (Lipinski definition) is 5. The van der Waals surface area contributed by atoms with Crippen LogP contribution in [0, 0.1) is 0 Å². The Morgan fingerprint density at radius 2 is 2.21 bits per heavy atom. The first-order valence-electron chi connectivity index (χ1n) is 8.05. The van der Waals surface area contributed by atoms with Crippen LogP contribution in [0.1, 0.15) is 38.0 Å². The summed E-state index contributed by atoms with van der Waals surface area (Å²) in [5, 5.41) is 6.56. The van der Waals surface area contributed by atoms with Crippen LogP contribution >= 0.6 is 0 Å². The van der Waals surface area contributed by atoms with E-state index in [1.54, 1.807) is 6.20 Å². The van der Waals surface area contributed by atoms with E-state index in [9.17, 15) is 4.79 Å². The number of alkyl carbamates (subject to hydrolysis) is 1. The van der Waals surface area contributed by atoms with Crippen molar-refractivity contribution >= 4 is 6.09 Å². The van der Waals surface area contributed by atoms with Gasteiger partial charge in [0.1, 0.15) is 11.7 Å². The molecule has 2 aromatic rings. The van der Waals surface area contributed by atoms with E-state index < -0.39 is 11.7 Å². The van der Waals surface area contributed by atoms with Crippen molar-refractivity contribution in [2.75, 3.05) is 13.2 Å². The third-order valence-electron chi connectivity index (χ3n) is 3.76. The van der Waals surface area contributed by atoms with Crippen molar-refractivity contribution < 1.29 is 18.8 Å². The molecule has 0 spiro atoms. The van der Waals surface area contributed by atoms with Crippen molar-refractivity contribution in [3.63, 3.8) is 0 Å². The Bertz CT molecular complexity index is 704. The predicted molar refractivity (Wildman–Crippen MR) is 88.6 cm³/mol. The number of benzene rings is 1. The molecular formula is C18H22N2O4. The molecule has 1 N–H and O–H groups in total. The first-order chi connectivity index (χ1) is 11.4. The summed E-state index contributed by atoms with van der Waals surface area (Å²) in [5.74, 6) is 0.743. The second-order valence-electron chi connectivity index (χ2n) is 6.74. The fourth-order valence-corrected chi connectivity index (χ4v) is 2.82. The number of aromatic nitrogens is 1. The molecule has 1 aromatic heterocycles. The van der Waals surface area contributed by atoms with Gasteiger partial charge in [-0.2, -0.15) is 0 Å². The fraction of sp³-hybridized carbons (Fsp3) is 0.444. The van der Waals surface area contributed by atoms with Gasteiger partial charge in [-0.15, -0.1) is 0 Å². The first-order valence-corrected chi connectivity index (χ1v) is 8.05. The summed E-state index contributed by atoms with van der Waals surface area (Å²) >= 11 is 0. The lowest BCUT2D eigenvalue weighted by Crippen LogP contribution is -2.36. The molecule has 3 rings (SSSR count). The summed E-state index contributed by atoms with van der Waals surface area (Å²) < 4.78 is 16.4. The number of fused-ring (bicyclic) bond motifs is 1. The number of amides is 1. The van der Waals surface area contributed by atoms with Gasteiger partial charge in [0.15, 0.2) is 5.76 Å². The predicted octanol–water partition coefficient (Wildman–Crippen LogP) is 3.48. The van der Waals surface area contributed by atoms with Gasteiger partial charge < -0.3 is 19.3 Å². The zero-order valence-corrected chi connectivity index (χ0v) is 14.2. The van der Waals surface area contributed by atoms with Crippen LogP contribution in [0.3, 0.4) is 0 Å². The minimum atomic E-state index is -0.519. The van der Waals surface area contributed by atoms with Gasteiger partial charge in [-0.1, -0.05) is 23.4 Å². The number of ether oxygens (including phenoxy) is 2. The van der Waals surface area contributed by atoms with Crippen LogP contribution in [0.4, 0.5) is 4.79 Å². The highest BCUT2D eigenvalue weighted by molar-refractivity contribution is 5.68. The van der Waals surface area contributed by atoms with Crippen molar-refractivity contribution in [1.29, 1.82) is 0 Å². The van der Waals surface area contributed by atoms with Crippen LogP contribution in [0.15, 0.2) is 35.0 Å². The van der Waals surface area contributed by atoms with E-state index in [2.05, 4.69) is 10.5 Å². The average molecular weight is 330 g/mol. The molecule has 0 fully saturated rings. The lowest BCUT2D eigenvalue weighted by molar-refractivity contribution is 0.0289. The summed E-state index contributed by atoms with van der Waals surface area (Å²) in [6.07, 6.45) is 1.79. The van der Waals surface area contributed by atoms with Gasteiger partial charge in [0.2, 0.25) is 0 Å². The Hall–Kier alpha value is -2.34. The monoisotopic (exact) mass is 330 g/mol. The number of carbonyl (C=O) groups is 1. The molecule has 1 aliphatic rings. The maximum Gasteiger partial charge on any atom is 0.407 e. The molecule has 24 heavy (non-hydrogen) atoms. The molecule has 1 atom stereocenters. The van der Waals surface area contributed by atoms with E-state index >= 15 is 0 Å². The summed E-state index contributed by atoms with van der Waals surface area (Å²) in [7, 11) is 0. The molecule has 1 unspecified atom stereocenters. The maximum atomic E-state index is 11.9. The minimum absolute atomic E-state index is 0.205. The first kappa shape index (κ1) is 16.5. The Morgan fingerprint density at radius 1 is 1.38 bits per heavy atom. The van der Waals surface area contributed by atoms with E-state index in [4.69, 9.17) is 14.0 Å². The molecule has 0 saturated heterocycles. The van der Waals surface area contributed by atoms with Crippen molar-refractivity contribution in [3.8, 4) is 11.3 Å². The fourth-order valence-electron chi connectivity index (χ4n) is 2.82. The SMILES string of the molecule is CC(C)(C)OC(=O)NCC1OCCc2c(-c3ccno3)cccc21. The van der Waals surface area contributed by atoms with E-state index in [1.807, 2.05) is 45.0 Å². The third kappa shape index (κ3) is 3.76. The molecule has 128 valence electrons. The van der Waals surface area contributed by atoms with Crippen molar-refractivity contribution in [1.82, 2.24) is 10.5 Å². The molecule has 0 aliphatic carbocycles. The average Bonchev–Trinajstić information content (AvgIpc) is 3.05. The molecular weight excluding hydrogens is 308 g/mol. The topological polar surface area (TPSA) is 73.6 Å². The van der Waals surface area contributed by atoms with Gasteiger partial charge in [-0.25, -0.2) is 4.79 Å². The smallest absolute Gasteiger partial charge is 0.407 e. The molecule has 1 aromatic carbocycles. The van der Waals surface area contributed by atoms with E-state index in [0.717, 1.165) is 23.3 Å². The largest absolute Gasteiger partial charge is 0.444 e. The second kappa shape index (κ2) is 6.65. The van der Waals surface area contributed by atoms with Gasteiger partial charge in [0.25, 0.3) is 0 Å². The zero-order valence-electron chi connectivity index (χ0n) is 14.2. The Labute approximate surface area is 141 Å². The van der Waals surface area contributed by atoms with E-state index in [1.165, 1.54) is 5.56 Å². The molecule has 0 saturated carbocycles. The third-order valence-corrected chi connectivity index (χ3v) is 3.76. The highest BCUT2D eigenvalue weighted by Gasteiger charge is 2.25. The van der Waals surface area contributed by atoms with Gasteiger partial charge in [-0.05, 0) is 38.3 Å². The van der Waals surface area contributed by atoms with Crippen molar-refractivity contribution in [2.24, 2.45) is 0 Å². The summed E-state index contributed by atoms with van der Waals surface area (Å²) in [6.45, 7) is 6.47. The van der Waals surface area contributed by atoms with Gasteiger partial charge >= 0.3 is 6.09 Å². The summed E-state index contributed by atoms with van der Waals surface area (Å²) in [4.78, 5) is 11.9. The zero-order chi connectivity index (χ0) is 17.2.